The van der Waals surface area contributed by atoms with E-state index < -0.39 is 9.05 Å². The lowest BCUT2D eigenvalue weighted by atomic mass is 14.0. The topological polar surface area (TPSA) is 107 Å². The van der Waals surface area contributed by atoms with Crippen molar-refractivity contribution in [2.45, 2.75) is 0 Å². The minimum Gasteiger partial charge on any atom is -0.368 e. The number of hydrogen-bond donors (Lipinski definition) is 6. The third-order valence-corrected chi connectivity index (χ3v) is 0. The fourth-order valence-corrected chi connectivity index (χ4v) is 0. The third kappa shape index (κ3) is 427. The van der Waals surface area contributed by atoms with E-state index in [1.165, 1.54) is 0 Å². The maximum Gasteiger partial charge on any atom is 0.668 e. The van der Waals surface area contributed by atoms with Crippen LogP contribution < -0.4 is 5.14 Å². The lowest BCUT2D eigenvalue weighted by molar-refractivity contribution is 0.117. The molecule has 0 rings (SSSR count). The Morgan fingerprint density at radius 3 is 1.25 bits per heavy atom. The summed E-state index contributed by atoms with van der Waals surface area (Å²) in [5, 5.41) is 4.63. The molecule has 52 valence electrons. The molecule has 0 aromatic rings. The van der Waals surface area contributed by atoms with Crippen molar-refractivity contribution in [1.29, 1.82) is 0 Å². The van der Waals surface area contributed by atoms with Crippen LogP contribution in [0.15, 0.2) is 0 Å². The molecule has 0 amide bonds. The van der Waals surface area contributed by atoms with Gasteiger partial charge in [0.25, 0.3) is 0 Å². The molecule has 0 radical (unpaired) electrons. The average molecular weight is 177 g/mol. The van der Waals surface area contributed by atoms with E-state index in [9.17, 15) is 0 Å². The van der Waals surface area contributed by atoms with Gasteiger partial charge in [-0.1, -0.05) is 11.7 Å². The van der Waals surface area contributed by atoms with Crippen molar-refractivity contribution in [1.82, 2.24) is 0 Å². The van der Waals surface area contributed by atoms with E-state index in [2.05, 4.69) is 16.8 Å². The number of nitrogens with two attached hydrogens (primary N) is 1. The standard InChI is InChI=1S/H3NS2.H4O4Si/c1-3-2;1-5(2,3)4/h2H,1H2;1-4H. The first kappa shape index (κ1) is 11.5. The van der Waals surface area contributed by atoms with E-state index in [1.54, 1.807) is 0 Å². The molecule has 0 unspecified atom stereocenters. The molecule has 0 heterocycles. The highest BCUT2D eigenvalue weighted by atomic mass is 33.1. The lowest BCUT2D eigenvalue weighted by Crippen LogP contribution is -2.33. The zero-order valence-electron chi connectivity index (χ0n) is 3.72. The van der Waals surface area contributed by atoms with Crippen molar-refractivity contribution in [3.8, 4) is 0 Å². The van der Waals surface area contributed by atoms with Crippen LogP contribution in [0.4, 0.5) is 0 Å². The Kier molecular flexibility index (Phi) is 8.41. The molecule has 0 aliphatic rings. The van der Waals surface area contributed by atoms with Crippen LogP contribution >= 0.6 is 22.6 Å². The van der Waals surface area contributed by atoms with Crippen LogP contribution in [0.2, 0.25) is 0 Å². The van der Waals surface area contributed by atoms with Crippen LogP contribution in [-0.2, 0) is 0 Å². The molecule has 0 saturated carbocycles. The van der Waals surface area contributed by atoms with Gasteiger partial charge in [-0.15, -0.1) is 0 Å². The van der Waals surface area contributed by atoms with Crippen molar-refractivity contribution in [2.75, 3.05) is 0 Å². The van der Waals surface area contributed by atoms with Gasteiger partial charge in [-0.25, -0.2) is 0 Å². The summed E-state index contributed by atoms with van der Waals surface area (Å²) in [5.74, 6) is 0. The Balaban J connectivity index is 0. The first-order valence-corrected chi connectivity index (χ1v) is 5.03. The molecule has 0 bridgehead atoms. The first-order valence-electron chi connectivity index (χ1n) is 1.31. The first-order chi connectivity index (χ1) is 3.41. The van der Waals surface area contributed by atoms with Gasteiger partial charge in [0.15, 0.2) is 0 Å². The monoisotopic (exact) mass is 177 g/mol. The molecule has 0 aromatic carbocycles. The highest BCUT2D eigenvalue weighted by molar-refractivity contribution is 8.67. The molecule has 0 saturated heterocycles. The van der Waals surface area contributed by atoms with Crippen molar-refractivity contribution in [3.05, 3.63) is 0 Å². The summed E-state index contributed by atoms with van der Waals surface area (Å²) in [6.45, 7) is 0. The molecule has 0 atom stereocenters. The molecular formula is H7NO4S2Si. The van der Waals surface area contributed by atoms with Gasteiger partial charge < -0.3 is 19.2 Å². The quantitative estimate of drug-likeness (QED) is 0.109. The number of thiol groups is 1. The molecule has 8 heavy (non-hydrogen) atoms. The van der Waals surface area contributed by atoms with Crippen molar-refractivity contribution >= 4 is 31.7 Å². The third-order valence-electron chi connectivity index (χ3n) is 0. The SMILES string of the molecule is NSS.O[Si](O)(O)O. The molecule has 5 nitrogen and oxygen atoms in total. The molecule has 0 fully saturated rings. The van der Waals surface area contributed by atoms with Gasteiger partial charge in [0.2, 0.25) is 0 Å². The van der Waals surface area contributed by atoms with Crippen LogP contribution in [0.3, 0.4) is 0 Å². The van der Waals surface area contributed by atoms with Gasteiger partial charge in [0.05, 0.1) is 0 Å². The van der Waals surface area contributed by atoms with Crippen LogP contribution in [-0.4, -0.2) is 28.2 Å². The van der Waals surface area contributed by atoms with Gasteiger partial charge in [-0.2, -0.15) is 0 Å². The minimum atomic E-state index is -4.61. The second-order valence-electron chi connectivity index (χ2n) is 0.705. The fraction of sp³-hybridized carbons (Fsp3) is 0. The number of rotatable bonds is 0. The highest BCUT2D eigenvalue weighted by Crippen LogP contribution is 1.84. The van der Waals surface area contributed by atoms with E-state index in [1.807, 2.05) is 0 Å². The predicted octanol–water partition coefficient (Wildman–Crippen LogP) is -2.17. The zero-order chi connectivity index (χ0) is 7.21. The Labute approximate surface area is 56.6 Å². The van der Waals surface area contributed by atoms with Crippen LogP contribution in [0.5, 0.6) is 0 Å². The molecule has 8 heteroatoms. The lowest BCUT2D eigenvalue weighted by Gasteiger charge is -1.91. The van der Waals surface area contributed by atoms with Gasteiger partial charge in [0, 0.05) is 0 Å². The van der Waals surface area contributed by atoms with Gasteiger partial charge in [-0.05, 0) is 11.0 Å². The second kappa shape index (κ2) is 5.85. The second-order valence-corrected chi connectivity index (χ2v) is 2.75. The predicted molar refractivity (Wildman–Crippen MR) is 35.4 cm³/mol. The molecule has 0 aliphatic carbocycles. The van der Waals surface area contributed by atoms with Crippen molar-refractivity contribution in [3.63, 3.8) is 0 Å². The molecular weight excluding hydrogens is 170 g/mol. The summed E-state index contributed by atoms with van der Waals surface area (Å²) < 4.78 is 0. The van der Waals surface area contributed by atoms with Gasteiger partial charge in [-0.3, -0.25) is 5.14 Å². The Morgan fingerprint density at radius 1 is 1.25 bits per heavy atom. The van der Waals surface area contributed by atoms with Crippen molar-refractivity contribution < 1.29 is 19.2 Å². The maximum absolute atomic E-state index is 7.33. The zero-order valence-corrected chi connectivity index (χ0v) is 6.43. The smallest absolute Gasteiger partial charge is 0.368 e. The molecule has 0 aromatic heterocycles. The molecule has 0 spiro atoms. The maximum atomic E-state index is 7.33. The van der Waals surface area contributed by atoms with Crippen LogP contribution in [0, 0.1) is 0 Å². The van der Waals surface area contributed by atoms with E-state index in [-0.39, 0.29) is 0 Å². The summed E-state index contributed by atoms with van der Waals surface area (Å²) >= 11 is 3.48. The summed E-state index contributed by atoms with van der Waals surface area (Å²) in [7, 11) is -3.67. The fourth-order valence-electron chi connectivity index (χ4n) is 0. The van der Waals surface area contributed by atoms with Crippen LogP contribution in [0.1, 0.15) is 0 Å². The highest BCUT2D eigenvalue weighted by Gasteiger charge is 2.22. The normalized spacial score (nSPS) is 9.75. The summed E-state index contributed by atoms with van der Waals surface area (Å²) in [4.78, 5) is 29.3. The minimum absolute atomic E-state index is 0.944. The molecule has 0 aliphatic heterocycles. The Morgan fingerprint density at radius 2 is 1.25 bits per heavy atom. The van der Waals surface area contributed by atoms with Crippen molar-refractivity contribution in [2.24, 2.45) is 5.14 Å². The Hall–Kier alpha value is 0.717. The molecule has 6 N–H and O–H groups in total. The average Bonchev–Trinajstić information content (AvgIpc) is 1.27. The summed E-state index contributed by atoms with van der Waals surface area (Å²) in [6.07, 6.45) is 0. The number of hydrogen-bond acceptors (Lipinski definition) is 7. The van der Waals surface area contributed by atoms with Crippen LogP contribution in [0.25, 0.3) is 0 Å². The van der Waals surface area contributed by atoms with E-state index >= 15 is 0 Å². The Bertz CT molecular complexity index is 37.8. The van der Waals surface area contributed by atoms with Gasteiger partial charge >= 0.3 is 9.05 Å². The van der Waals surface area contributed by atoms with E-state index in [0.29, 0.717) is 0 Å². The summed E-state index contributed by atoms with van der Waals surface area (Å²) in [6, 6.07) is 0. The van der Waals surface area contributed by atoms with E-state index in [0.717, 1.165) is 11.0 Å². The van der Waals surface area contributed by atoms with Gasteiger partial charge in [0.1, 0.15) is 0 Å². The largest absolute Gasteiger partial charge is 0.668 e. The summed E-state index contributed by atoms with van der Waals surface area (Å²) in [5.41, 5.74) is 0. The van der Waals surface area contributed by atoms with E-state index in [4.69, 9.17) is 19.2 Å².